The molecule has 0 saturated heterocycles. The molecule has 0 radical (unpaired) electrons. The van der Waals surface area contributed by atoms with Gasteiger partial charge < -0.3 is 4.74 Å². The van der Waals surface area contributed by atoms with Crippen molar-refractivity contribution in [3.63, 3.8) is 0 Å². The Balaban J connectivity index is 2.46. The molecule has 1 unspecified atom stereocenters. The molecule has 1 atom stereocenters. The van der Waals surface area contributed by atoms with E-state index in [2.05, 4.69) is 0 Å². The lowest BCUT2D eigenvalue weighted by Gasteiger charge is -2.09. The number of hydrogen-bond donors (Lipinski definition) is 0. The highest BCUT2D eigenvalue weighted by Gasteiger charge is 2.13. The molecule has 2 nitrogen and oxygen atoms in total. The van der Waals surface area contributed by atoms with Crippen LogP contribution in [0.15, 0.2) is 30.3 Å². The SMILES string of the molecule is CCOCCC(C)C(=O)c1ccccc1. The van der Waals surface area contributed by atoms with Gasteiger partial charge in [0.2, 0.25) is 0 Å². The van der Waals surface area contributed by atoms with Gasteiger partial charge in [-0.2, -0.15) is 0 Å². The molecule has 2 heteroatoms. The quantitative estimate of drug-likeness (QED) is 0.528. The Labute approximate surface area is 91.3 Å². The van der Waals surface area contributed by atoms with E-state index in [1.807, 2.05) is 44.2 Å². The summed E-state index contributed by atoms with van der Waals surface area (Å²) in [5.41, 5.74) is 0.793. The van der Waals surface area contributed by atoms with Crippen molar-refractivity contribution < 1.29 is 9.53 Å². The minimum Gasteiger partial charge on any atom is -0.382 e. The minimum atomic E-state index is 0.0407. The lowest BCUT2D eigenvalue weighted by Crippen LogP contribution is -2.13. The van der Waals surface area contributed by atoms with Crippen LogP contribution in [0.4, 0.5) is 0 Å². The third-order valence-corrected chi connectivity index (χ3v) is 2.41. The molecule has 1 aromatic carbocycles. The van der Waals surface area contributed by atoms with E-state index in [0.717, 1.165) is 12.0 Å². The summed E-state index contributed by atoms with van der Waals surface area (Å²) in [6.07, 6.45) is 0.793. The summed E-state index contributed by atoms with van der Waals surface area (Å²) in [5.74, 6) is 0.245. The standard InChI is InChI=1S/C13H18O2/c1-3-15-10-9-11(2)13(14)12-7-5-4-6-8-12/h4-8,11H,3,9-10H2,1-2H3. The molecule has 0 aliphatic heterocycles. The summed E-state index contributed by atoms with van der Waals surface area (Å²) < 4.78 is 5.24. The minimum absolute atomic E-state index is 0.0407. The average Bonchev–Trinajstić information content (AvgIpc) is 2.29. The first kappa shape index (κ1) is 11.9. The van der Waals surface area contributed by atoms with Gasteiger partial charge in [-0.05, 0) is 13.3 Å². The summed E-state index contributed by atoms with van der Waals surface area (Å²) in [7, 11) is 0. The molecule has 0 saturated carbocycles. The number of Topliss-reactive ketones (excluding diaryl/α,β-unsaturated/α-hetero) is 1. The van der Waals surface area contributed by atoms with E-state index in [0.29, 0.717) is 13.2 Å². The van der Waals surface area contributed by atoms with E-state index in [9.17, 15) is 4.79 Å². The highest BCUT2D eigenvalue weighted by molar-refractivity contribution is 5.97. The smallest absolute Gasteiger partial charge is 0.165 e. The maximum absolute atomic E-state index is 11.9. The van der Waals surface area contributed by atoms with Gasteiger partial charge in [-0.1, -0.05) is 37.3 Å². The number of rotatable bonds is 6. The van der Waals surface area contributed by atoms with E-state index >= 15 is 0 Å². The summed E-state index contributed by atoms with van der Waals surface area (Å²) in [5, 5.41) is 0. The number of ketones is 1. The molecule has 0 aliphatic rings. The van der Waals surface area contributed by atoms with E-state index in [-0.39, 0.29) is 11.7 Å². The largest absolute Gasteiger partial charge is 0.382 e. The van der Waals surface area contributed by atoms with Crippen LogP contribution in [-0.2, 0) is 4.74 Å². The van der Waals surface area contributed by atoms with Gasteiger partial charge in [0.1, 0.15) is 0 Å². The summed E-state index contributed by atoms with van der Waals surface area (Å²) >= 11 is 0. The molecule has 82 valence electrons. The van der Waals surface area contributed by atoms with Crippen molar-refractivity contribution in [1.82, 2.24) is 0 Å². The Morgan fingerprint density at radius 3 is 2.60 bits per heavy atom. The molecule has 0 aliphatic carbocycles. The van der Waals surface area contributed by atoms with Crippen LogP contribution in [0.5, 0.6) is 0 Å². The van der Waals surface area contributed by atoms with Crippen molar-refractivity contribution in [2.45, 2.75) is 20.3 Å². The van der Waals surface area contributed by atoms with Gasteiger partial charge in [-0.3, -0.25) is 4.79 Å². The Bertz CT molecular complexity index is 293. The van der Waals surface area contributed by atoms with E-state index in [4.69, 9.17) is 4.74 Å². The second-order valence-electron chi connectivity index (χ2n) is 3.62. The molecule has 1 rings (SSSR count). The zero-order chi connectivity index (χ0) is 11.1. The third kappa shape index (κ3) is 3.84. The zero-order valence-electron chi connectivity index (χ0n) is 9.40. The summed E-state index contributed by atoms with van der Waals surface area (Å²) in [6.45, 7) is 5.29. The third-order valence-electron chi connectivity index (χ3n) is 2.41. The Morgan fingerprint density at radius 1 is 1.33 bits per heavy atom. The average molecular weight is 206 g/mol. The molecular weight excluding hydrogens is 188 g/mol. The van der Waals surface area contributed by atoms with E-state index in [1.54, 1.807) is 0 Å². The van der Waals surface area contributed by atoms with Gasteiger partial charge in [0, 0.05) is 24.7 Å². The van der Waals surface area contributed by atoms with Crippen LogP contribution in [0.1, 0.15) is 30.6 Å². The van der Waals surface area contributed by atoms with E-state index < -0.39 is 0 Å². The van der Waals surface area contributed by atoms with Crippen molar-refractivity contribution >= 4 is 5.78 Å². The van der Waals surface area contributed by atoms with Gasteiger partial charge in [0.15, 0.2) is 5.78 Å². The molecule has 0 fully saturated rings. The van der Waals surface area contributed by atoms with E-state index in [1.165, 1.54) is 0 Å². The number of carbonyl (C=O) groups is 1. The second-order valence-corrected chi connectivity index (χ2v) is 3.62. The van der Waals surface area contributed by atoms with Crippen molar-refractivity contribution in [3.8, 4) is 0 Å². The van der Waals surface area contributed by atoms with Crippen LogP contribution in [-0.4, -0.2) is 19.0 Å². The highest BCUT2D eigenvalue weighted by Crippen LogP contribution is 2.11. The van der Waals surface area contributed by atoms with Crippen LogP contribution in [0.25, 0.3) is 0 Å². The molecule has 0 amide bonds. The van der Waals surface area contributed by atoms with Crippen LogP contribution in [0.3, 0.4) is 0 Å². The number of hydrogen-bond acceptors (Lipinski definition) is 2. The fourth-order valence-corrected chi connectivity index (χ4v) is 1.42. The molecule has 15 heavy (non-hydrogen) atoms. The van der Waals surface area contributed by atoms with Crippen LogP contribution in [0, 0.1) is 5.92 Å². The van der Waals surface area contributed by atoms with Gasteiger partial charge in [0.05, 0.1) is 0 Å². The predicted octanol–water partition coefficient (Wildman–Crippen LogP) is 2.93. The monoisotopic (exact) mass is 206 g/mol. The highest BCUT2D eigenvalue weighted by atomic mass is 16.5. The lowest BCUT2D eigenvalue weighted by molar-refractivity contribution is 0.0867. The topological polar surface area (TPSA) is 26.3 Å². The normalized spacial score (nSPS) is 12.4. The second kappa shape index (κ2) is 6.36. The summed E-state index contributed by atoms with van der Waals surface area (Å²) in [4.78, 5) is 11.9. The number of benzene rings is 1. The fourth-order valence-electron chi connectivity index (χ4n) is 1.42. The lowest BCUT2D eigenvalue weighted by atomic mass is 9.97. The van der Waals surface area contributed by atoms with Crippen LogP contribution >= 0.6 is 0 Å². The first-order valence-electron chi connectivity index (χ1n) is 5.42. The van der Waals surface area contributed by atoms with Gasteiger partial charge >= 0.3 is 0 Å². The van der Waals surface area contributed by atoms with Gasteiger partial charge in [0.25, 0.3) is 0 Å². The fraction of sp³-hybridized carbons (Fsp3) is 0.462. The number of ether oxygens (including phenoxy) is 1. The first-order valence-corrected chi connectivity index (χ1v) is 5.42. The van der Waals surface area contributed by atoms with Gasteiger partial charge in [-0.25, -0.2) is 0 Å². The molecule has 0 N–H and O–H groups in total. The maximum Gasteiger partial charge on any atom is 0.165 e. The first-order chi connectivity index (χ1) is 7.25. The molecular formula is C13H18O2. The van der Waals surface area contributed by atoms with Crippen molar-refractivity contribution in [3.05, 3.63) is 35.9 Å². The molecule has 0 heterocycles. The maximum atomic E-state index is 11.9. The Morgan fingerprint density at radius 2 is 2.00 bits per heavy atom. The Kier molecular flexibility index (Phi) is 5.05. The van der Waals surface area contributed by atoms with Crippen LogP contribution < -0.4 is 0 Å². The molecule has 0 bridgehead atoms. The zero-order valence-corrected chi connectivity index (χ0v) is 9.40. The summed E-state index contributed by atoms with van der Waals surface area (Å²) in [6, 6.07) is 9.42. The van der Waals surface area contributed by atoms with Crippen molar-refractivity contribution in [2.24, 2.45) is 5.92 Å². The van der Waals surface area contributed by atoms with Crippen molar-refractivity contribution in [2.75, 3.05) is 13.2 Å². The Hall–Kier alpha value is -1.15. The van der Waals surface area contributed by atoms with Gasteiger partial charge in [-0.15, -0.1) is 0 Å². The predicted molar refractivity (Wildman–Crippen MR) is 61.0 cm³/mol. The number of carbonyl (C=O) groups excluding carboxylic acids is 1. The molecule has 0 spiro atoms. The van der Waals surface area contributed by atoms with Crippen LogP contribution in [0.2, 0.25) is 0 Å². The van der Waals surface area contributed by atoms with Crippen molar-refractivity contribution in [1.29, 1.82) is 0 Å². The molecule has 0 aromatic heterocycles. The molecule has 1 aromatic rings.